The SMILES string of the molecule is CCC(C)c1ccc(OCC(=O)N/N=C\c2ccc(OC(=O)c3ccc(Cl)cc3)cc2)cc1. The molecule has 1 unspecified atom stereocenters. The van der Waals surface area contributed by atoms with Gasteiger partial charge in [-0.25, -0.2) is 10.2 Å². The van der Waals surface area contributed by atoms with Crippen molar-refractivity contribution in [1.29, 1.82) is 0 Å². The predicted molar refractivity (Wildman–Crippen MR) is 129 cm³/mol. The molecule has 0 heterocycles. The Labute approximate surface area is 198 Å². The van der Waals surface area contributed by atoms with E-state index < -0.39 is 5.97 Å². The van der Waals surface area contributed by atoms with Gasteiger partial charge in [-0.1, -0.05) is 37.6 Å². The molecule has 0 aliphatic heterocycles. The summed E-state index contributed by atoms with van der Waals surface area (Å²) < 4.78 is 10.8. The molecule has 1 atom stereocenters. The van der Waals surface area contributed by atoms with E-state index in [4.69, 9.17) is 21.1 Å². The summed E-state index contributed by atoms with van der Waals surface area (Å²) in [6.07, 6.45) is 2.56. The molecule has 1 amide bonds. The summed E-state index contributed by atoms with van der Waals surface area (Å²) in [5, 5.41) is 4.47. The molecule has 3 rings (SSSR count). The normalized spacial score (nSPS) is 11.7. The second-order valence-electron chi connectivity index (χ2n) is 7.43. The fraction of sp³-hybridized carbons (Fsp3) is 0.192. The van der Waals surface area contributed by atoms with Crippen LogP contribution in [0.3, 0.4) is 0 Å². The number of carbonyl (C=O) groups is 2. The van der Waals surface area contributed by atoms with E-state index in [1.54, 1.807) is 48.5 Å². The second kappa shape index (κ2) is 11.8. The molecule has 0 aliphatic rings. The van der Waals surface area contributed by atoms with Gasteiger partial charge in [-0.05, 0) is 84.1 Å². The van der Waals surface area contributed by atoms with Gasteiger partial charge in [0.25, 0.3) is 5.91 Å². The average molecular weight is 465 g/mol. The molecular formula is C26H25ClN2O4. The van der Waals surface area contributed by atoms with Crippen molar-refractivity contribution in [3.63, 3.8) is 0 Å². The highest BCUT2D eigenvalue weighted by atomic mass is 35.5. The molecule has 33 heavy (non-hydrogen) atoms. The Bertz CT molecular complexity index is 1090. The van der Waals surface area contributed by atoms with Crippen molar-refractivity contribution in [1.82, 2.24) is 5.43 Å². The fourth-order valence-corrected chi connectivity index (χ4v) is 2.99. The molecule has 170 valence electrons. The third-order valence-electron chi connectivity index (χ3n) is 5.00. The lowest BCUT2D eigenvalue weighted by Crippen LogP contribution is -2.24. The third kappa shape index (κ3) is 7.47. The minimum atomic E-state index is -0.477. The Morgan fingerprint density at radius 1 is 0.970 bits per heavy atom. The quantitative estimate of drug-likeness (QED) is 0.193. The number of ether oxygens (including phenoxy) is 2. The molecule has 0 saturated heterocycles. The maximum absolute atomic E-state index is 12.1. The van der Waals surface area contributed by atoms with Crippen molar-refractivity contribution in [2.24, 2.45) is 5.10 Å². The number of benzene rings is 3. The van der Waals surface area contributed by atoms with Crippen LogP contribution in [0.2, 0.25) is 5.02 Å². The van der Waals surface area contributed by atoms with Crippen LogP contribution in [0.1, 0.15) is 47.7 Å². The zero-order valence-electron chi connectivity index (χ0n) is 18.5. The molecular weight excluding hydrogens is 440 g/mol. The van der Waals surface area contributed by atoms with Gasteiger partial charge in [-0.3, -0.25) is 4.79 Å². The van der Waals surface area contributed by atoms with E-state index in [0.29, 0.717) is 28.0 Å². The van der Waals surface area contributed by atoms with Gasteiger partial charge in [0.2, 0.25) is 0 Å². The van der Waals surface area contributed by atoms with E-state index in [-0.39, 0.29) is 12.5 Å². The zero-order valence-corrected chi connectivity index (χ0v) is 19.2. The standard InChI is InChI=1S/C26H25ClN2O4/c1-3-18(2)20-8-14-23(15-9-20)32-17-25(30)29-28-16-19-4-12-24(13-5-19)33-26(31)21-6-10-22(27)11-7-21/h4-16,18H,3,17H2,1-2H3,(H,29,30)/b28-16-. The molecule has 0 aromatic heterocycles. The third-order valence-corrected chi connectivity index (χ3v) is 5.26. The van der Waals surface area contributed by atoms with Crippen molar-refractivity contribution in [2.45, 2.75) is 26.2 Å². The van der Waals surface area contributed by atoms with Gasteiger partial charge in [-0.2, -0.15) is 5.10 Å². The lowest BCUT2D eigenvalue weighted by Gasteiger charge is -2.10. The smallest absolute Gasteiger partial charge is 0.343 e. The Hall–Kier alpha value is -3.64. The number of nitrogens with zero attached hydrogens (tertiary/aromatic N) is 1. The number of hydrogen-bond donors (Lipinski definition) is 1. The predicted octanol–water partition coefficient (Wildman–Crippen LogP) is 5.60. The molecule has 1 N–H and O–H groups in total. The fourth-order valence-electron chi connectivity index (χ4n) is 2.86. The van der Waals surface area contributed by atoms with Crippen LogP contribution in [0.5, 0.6) is 11.5 Å². The Kier molecular flexibility index (Phi) is 8.61. The molecule has 6 nitrogen and oxygen atoms in total. The largest absolute Gasteiger partial charge is 0.484 e. The minimum Gasteiger partial charge on any atom is -0.484 e. The van der Waals surface area contributed by atoms with E-state index in [2.05, 4.69) is 24.4 Å². The van der Waals surface area contributed by atoms with Crippen LogP contribution in [0.25, 0.3) is 0 Å². The molecule has 0 spiro atoms. The average Bonchev–Trinajstić information content (AvgIpc) is 2.84. The van der Waals surface area contributed by atoms with Gasteiger partial charge in [0.05, 0.1) is 11.8 Å². The molecule has 0 aliphatic carbocycles. The number of carbonyl (C=O) groups excluding carboxylic acids is 2. The zero-order chi connectivity index (χ0) is 23.6. The van der Waals surface area contributed by atoms with Crippen molar-refractivity contribution in [3.8, 4) is 11.5 Å². The first-order valence-corrected chi connectivity index (χ1v) is 10.9. The highest BCUT2D eigenvalue weighted by Crippen LogP contribution is 2.21. The number of nitrogens with one attached hydrogen (secondary N) is 1. The summed E-state index contributed by atoms with van der Waals surface area (Å²) in [5.41, 5.74) is 4.79. The molecule has 3 aromatic rings. The summed E-state index contributed by atoms with van der Waals surface area (Å²) in [7, 11) is 0. The minimum absolute atomic E-state index is 0.139. The molecule has 0 radical (unpaired) electrons. The first-order valence-electron chi connectivity index (χ1n) is 10.6. The molecule has 7 heteroatoms. The molecule has 0 saturated carbocycles. The van der Waals surface area contributed by atoms with Crippen LogP contribution in [-0.4, -0.2) is 24.7 Å². The summed E-state index contributed by atoms with van der Waals surface area (Å²) in [6, 6.07) is 20.9. The van der Waals surface area contributed by atoms with Crippen LogP contribution >= 0.6 is 11.6 Å². The van der Waals surface area contributed by atoms with Gasteiger partial charge in [0, 0.05) is 5.02 Å². The highest BCUT2D eigenvalue weighted by Gasteiger charge is 2.08. The highest BCUT2D eigenvalue weighted by molar-refractivity contribution is 6.30. The van der Waals surface area contributed by atoms with Gasteiger partial charge in [0.1, 0.15) is 11.5 Å². The van der Waals surface area contributed by atoms with Crippen molar-refractivity contribution < 1.29 is 19.1 Å². The van der Waals surface area contributed by atoms with Crippen LogP contribution in [0, 0.1) is 0 Å². The topological polar surface area (TPSA) is 77.0 Å². The van der Waals surface area contributed by atoms with Gasteiger partial charge in [-0.15, -0.1) is 0 Å². The number of rotatable bonds is 9. The van der Waals surface area contributed by atoms with E-state index >= 15 is 0 Å². The van der Waals surface area contributed by atoms with Gasteiger partial charge < -0.3 is 9.47 Å². The van der Waals surface area contributed by atoms with Crippen LogP contribution < -0.4 is 14.9 Å². The maximum Gasteiger partial charge on any atom is 0.343 e. The summed E-state index contributed by atoms with van der Waals surface area (Å²) in [6.45, 7) is 4.17. The molecule has 0 bridgehead atoms. The Balaban J connectivity index is 1.43. The first-order chi connectivity index (χ1) is 15.9. The van der Waals surface area contributed by atoms with Gasteiger partial charge >= 0.3 is 5.97 Å². The monoisotopic (exact) mass is 464 g/mol. The molecule has 3 aromatic carbocycles. The Morgan fingerprint density at radius 2 is 1.61 bits per heavy atom. The second-order valence-corrected chi connectivity index (χ2v) is 7.86. The van der Waals surface area contributed by atoms with E-state index in [1.807, 2.05) is 24.3 Å². The number of hydrogen-bond acceptors (Lipinski definition) is 5. The number of esters is 1. The van der Waals surface area contributed by atoms with Crippen LogP contribution in [-0.2, 0) is 4.79 Å². The number of hydrazone groups is 1. The van der Waals surface area contributed by atoms with Crippen molar-refractivity contribution >= 4 is 29.7 Å². The van der Waals surface area contributed by atoms with Crippen LogP contribution in [0.15, 0.2) is 77.9 Å². The summed E-state index contributed by atoms with van der Waals surface area (Å²) in [4.78, 5) is 24.1. The van der Waals surface area contributed by atoms with Crippen molar-refractivity contribution in [3.05, 3.63) is 94.5 Å². The first kappa shape index (κ1) is 24.0. The van der Waals surface area contributed by atoms with E-state index in [9.17, 15) is 9.59 Å². The summed E-state index contributed by atoms with van der Waals surface area (Å²) in [5.74, 6) is 0.663. The van der Waals surface area contributed by atoms with E-state index in [1.165, 1.54) is 11.8 Å². The molecule has 0 fully saturated rings. The van der Waals surface area contributed by atoms with Crippen molar-refractivity contribution in [2.75, 3.05) is 6.61 Å². The Morgan fingerprint density at radius 3 is 2.24 bits per heavy atom. The number of halogens is 1. The lowest BCUT2D eigenvalue weighted by molar-refractivity contribution is -0.123. The lowest BCUT2D eigenvalue weighted by atomic mass is 9.99. The van der Waals surface area contributed by atoms with Gasteiger partial charge in [0.15, 0.2) is 6.61 Å². The van der Waals surface area contributed by atoms with E-state index in [0.717, 1.165) is 12.0 Å². The summed E-state index contributed by atoms with van der Waals surface area (Å²) >= 11 is 5.82. The number of amides is 1. The maximum atomic E-state index is 12.1. The van der Waals surface area contributed by atoms with Crippen LogP contribution in [0.4, 0.5) is 0 Å².